The fourth-order valence-electron chi connectivity index (χ4n) is 1.59. The Bertz CT molecular complexity index is 538. The lowest BCUT2D eigenvalue weighted by atomic mass is 10.1. The zero-order valence-electron chi connectivity index (χ0n) is 10.4. The van der Waals surface area contributed by atoms with Crippen LogP contribution in [0.2, 0.25) is 0 Å². The quantitative estimate of drug-likeness (QED) is 0.794. The molecule has 0 saturated heterocycles. The SMILES string of the molecule is COC(OC)c1csc(-c2ccc(C)c(F)c2)n1. The molecule has 0 aliphatic carbocycles. The van der Waals surface area contributed by atoms with Crippen LogP contribution in [0.15, 0.2) is 23.6 Å². The fraction of sp³-hybridized carbons (Fsp3) is 0.308. The summed E-state index contributed by atoms with van der Waals surface area (Å²) in [5.74, 6) is -0.223. The third-order valence-electron chi connectivity index (χ3n) is 2.61. The van der Waals surface area contributed by atoms with Gasteiger partial charge in [0.25, 0.3) is 0 Å². The maximum absolute atomic E-state index is 13.5. The van der Waals surface area contributed by atoms with Crippen molar-refractivity contribution in [2.75, 3.05) is 14.2 Å². The highest BCUT2D eigenvalue weighted by molar-refractivity contribution is 7.13. The Kier molecular flexibility index (Phi) is 4.06. The average molecular weight is 267 g/mol. The summed E-state index contributed by atoms with van der Waals surface area (Å²) in [4.78, 5) is 4.40. The van der Waals surface area contributed by atoms with Crippen molar-refractivity contribution in [2.45, 2.75) is 13.2 Å². The van der Waals surface area contributed by atoms with E-state index in [0.717, 1.165) is 10.6 Å². The minimum atomic E-state index is -0.481. The molecule has 0 N–H and O–H groups in total. The zero-order chi connectivity index (χ0) is 13.1. The second-order valence-electron chi connectivity index (χ2n) is 3.84. The predicted molar refractivity (Wildman–Crippen MR) is 69.0 cm³/mol. The second-order valence-corrected chi connectivity index (χ2v) is 4.70. The van der Waals surface area contributed by atoms with Gasteiger partial charge in [0.05, 0.1) is 0 Å². The van der Waals surface area contributed by atoms with Gasteiger partial charge in [-0.05, 0) is 18.6 Å². The van der Waals surface area contributed by atoms with E-state index in [2.05, 4.69) is 4.98 Å². The molecule has 0 spiro atoms. The summed E-state index contributed by atoms with van der Waals surface area (Å²) in [6.45, 7) is 1.73. The minimum Gasteiger partial charge on any atom is -0.350 e. The van der Waals surface area contributed by atoms with Crippen LogP contribution < -0.4 is 0 Å². The summed E-state index contributed by atoms with van der Waals surface area (Å²) >= 11 is 1.44. The van der Waals surface area contributed by atoms with Crippen molar-refractivity contribution in [3.8, 4) is 10.6 Å². The van der Waals surface area contributed by atoms with E-state index in [1.165, 1.54) is 17.4 Å². The summed E-state index contributed by atoms with van der Waals surface area (Å²) in [7, 11) is 3.11. The fourth-order valence-corrected chi connectivity index (χ4v) is 2.41. The first-order valence-electron chi connectivity index (χ1n) is 5.43. The predicted octanol–water partition coefficient (Wildman–Crippen LogP) is 3.55. The highest BCUT2D eigenvalue weighted by Gasteiger charge is 2.14. The van der Waals surface area contributed by atoms with Crippen molar-refractivity contribution in [1.82, 2.24) is 4.98 Å². The van der Waals surface area contributed by atoms with Crippen molar-refractivity contribution >= 4 is 11.3 Å². The van der Waals surface area contributed by atoms with Gasteiger partial charge in [-0.3, -0.25) is 0 Å². The van der Waals surface area contributed by atoms with Gasteiger partial charge in [-0.15, -0.1) is 11.3 Å². The molecule has 5 heteroatoms. The van der Waals surface area contributed by atoms with Crippen LogP contribution in [0.1, 0.15) is 17.5 Å². The summed E-state index contributed by atoms with van der Waals surface area (Å²) in [5.41, 5.74) is 2.09. The van der Waals surface area contributed by atoms with Crippen LogP contribution in [0.25, 0.3) is 10.6 Å². The highest BCUT2D eigenvalue weighted by Crippen LogP contribution is 2.28. The van der Waals surface area contributed by atoms with Gasteiger partial charge in [0.2, 0.25) is 6.29 Å². The van der Waals surface area contributed by atoms with E-state index in [1.54, 1.807) is 27.2 Å². The molecule has 0 bridgehead atoms. The Morgan fingerprint density at radius 3 is 2.61 bits per heavy atom. The van der Waals surface area contributed by atoms with E-state index in [4.69, 9.17) is 9.47 Å². The number of thiazole rings is 1. The number of ether oxygens (including phenoxy) is 2. The lowest BCUT2D eigenvalue weighted by Gasteiger charge is -2.09. The molecule has 0 aliphatic heterocycles. The van der Waals surface area contributed by atoms with Gasteiger partial charge < -0.3 is 9.47 Å². The van der Waals surface area contributed by atoms with Crippen LogP contribution in [0.3, 0.4) is 0 Å². The zero-order valence-corrected chi connectivity index (χ0v) is 11.3. The molecule has 3 nitrogen and oxygen atoms in total. The van der Waals surface area contributed by atoms with Crippen LogP contribution in [-0.4, -0.2) is 19.2 Å². The lowest BCUT2D eigenvalue weighted by Crippen LogP contribution is -2.03. The maximum Gasteiger partial charge on any atom is 0.201 e. The standard InChI is InChI=1S/C13H14FNO2S/c1-8-4-5-9(6-10(8)14)12-15-11(7-18-12)13(16-2)17-3/h4-7,13H,1-3H3. The number of methoxy groups -OCH3 is 2. The van der Waals surface area contributed by atoms with Gasteiger partial charge in [-0.25, -0.2) is 9.37 Å². The molecule has 0 fully saturated rings. The Morgan fingerprint density at radius 1 is 1.28 bits per heavy atom. The van der Waals surface area contributed by atoms with Gasteiger partial charge in [0, 0.05) is 25.2 Å². The lowest BCUT2D eigenvalue weighted by molar-refractivity contribution is -0.108. The van der Waals surface area contributed by atoms with Crippen molar-refractivity contribution in [3.63, 3.8) is 0 Å². The molecule has 96 valence electrons. The van der Waals surface area contributed by atoms with E-state index >= 15 is 0 Å². The van der Waals surface area contributed by atoms with Gasteiger partial charge in [0.15, 0.2) is 0 Å². The molecule has 0 aliphatic rings. The van der Waals surface area contributed by atoms with Gasteiger partial charge in [0.1, 0.15) is 16.5 Å². The van der Waals surface area contributed by atoms with E-state index in [9.17, 15) is 4.39 Å². The van der Waals surface area contributed by atoms with E-state index in [1.807, 2.05) is 11.4 Å². The van der Waals surface area contributed by atoms with Gasteiger partial charge in [-0.1, -0.05) is 12.1 Å². The Labute approximate surface area is 109 Å². The smallest absolute Gasteiger partial charge is 0.201 e. The number of halogens is 1. The van der Waals surface area contributed by atoms with Crippen LogP contribution in [0.4, 0.5) is 4.39 Å². The van der Waals surface area contributed by atoms with Gasteiger partial charge in [-0.2, -0.15) is 0 Å². The second kappa shape index (κ2) is 5.56. The van der Waals surface area contributed by atoms with Crippen LogP contribution in [-0.2, 0) is 9.47 Å². The van der Waals surface area contributed by atoms with Crippen molar-refractivity contribution < 1.29 is 13.9 Å². The summed E-state index contributed by atoms with van der Waals surface area (Å²) in [6, 6.07) is 5.10. The number of nitrogens with zero attached hydrogens (tertiary/aromatic N) is 1. The molecule has 1 aromatic heterocycles. The molecule has 0 radical (unpaired) electrons. The number of aromatic nitrogens is 1. The molecule has 0 saturated carbocycles. The van der Waals surface area contributed by atoms with E-state index < -0.39 is 6.29 Å². The monoisotopic (exact) mass is 267 g/mol. The number of hydrogen-bond acceptors (Lipinski definition) is 4. The molecule has 1 aromatic carbocycles. The number of benzene rings is 1. The minimum absolute atomic E-state index is 0.223. The topological polar surface area (TPSA) is 31.4 Å². The summed E-state index contributed by atoms with van der Waals surface area (Å²) in [5, 5.41) is 2.60. The molecule has 0 atom stereocenters. The van der Waals surface area contributed by atoms with Crippen LogP contribution >= 0.6 is 11.3 Å². The summed E-state index contributed by atoms with van der Waals surface area (Å²) < 4.78 is 23.7. The summed E-state index contributed by atoms with van der Waals surface area (Å²) in [6.07, 6.45) is -0.481. The molecule has 2 aromatic rings. The van der Waals surface area contributed by atoms with Crippen molar-refractivity contribution in [3.05, 3.63) is 40.7 Å². The average Bonchev–Trinajstić information content (AvgIpc) is 2.84. The number of hydrogen-bond donors (Lipinski definition) is 0. The molecule has 0 amide bonds. The Balaban J connectivity index is 2.31. The Morgan fingerprint density at radius 2 is 2.00 bits per heavy atom. The first kappa shape index (κ1) is 13.1. The van der Waals surface area contributed by atoms with E-state index in [-0.39, 0.29) is 5.82 Å². The van der Waals surface area contributed by atoms with Crippen LogP contribution in [0, 0.1) is 12.7 Å². The van der Waals surface area contributed by atoms with Gasteiger partial charge >= 0.3 is 0 Å². The molecular formula is C13H14FNO2S. The van der Waals surface area contributed by atoms with Crippen LogP contribution in [0.5, 0.6) is 0 Å². The highest BCUT2D eigenvalue weighted by atomic mass is 32.1. The molecular weight excluding hydrogens is 253 g/mol. The molecule has 1 heterocycles. The normalized spacial score (nSPS) is 11.2. The largest absolute Gasteiger partial charge is 0.350 e. The molecule has 18 heavy (non-hydrogen) atoms. The van der Waals surface area contributed by atoms with E-state index in [0.29, 0.717) is 11.3 Å². The van der Waals surface area contributed by atoms with Crippen molar-refractivity contribution in [1.29, 1.82) is 0 Å². The first-order valence-corrected chi connectivity index (χ1v) is 6.31. The van der Waals surface area contributed by atoms with Crippen molar-refractivity contribution in [2.24, 2.45) is 0 Å². The number of rotatable bonds is 4. The first-order chi connectivity index (χ1) is 8.65. The Hall–Kier alpha value is -1.30. The third-order valence-corrected chi connectivity index (χ3v) is 3.52. The number of aryl methyl sites for hydroxylation is 1. The maximum atomic E-state index is 13.5. The molecule has 0 unspecified atom stereocenters. The molecule has 2 rings (SSSR count). The third kappa shape index (κ3) is 2.58.